The number of nitrogens with one attached hydrogen (secondary N) is 2. The maximum Gasteiger partial charge on any atom is 0.321 e. The Morgan fingerprint density at radius 3 is 2.68 bits per heavy atom. The van der Waals surface area contributed by atoms with Crippen LogP contribution in [0, 0.1) is 0 Å². The van der Waals surface area contributed by atoms with Crippen molar-refractivity contribution in [2.45, 2.75) is 51.7 Å². The van der Waals surface area contributed by atoms with E-state index >= 15 is 0 Å². The summed E-state index contributed by atoms with van der Waals surface area (Å²) < 4.78 is 5.24. The van der Waals surface area contributed by atoms with E-state index in [1.165, 1.54) is 12.6 Å². The number of pyridine rings is 1. The first-order chi connectivity index (χ1) is 10.7. The van der Waals surface area contributed by atoms with E-state index in [1.807, 2.05) is 6.92 Å². The van der Waals surface area contributed by atoms with E-state index in [-0.39, 0.29) is 6.04 Å². The predicted octanol–water partition coefficient (Wildman–Crippen LogP) is 2.39. The van der Waals surface area contributed by atoms with Crippen molar-refractivity contribution in [3.63, 3.8) is 0 Å². The minimum absolute atomic E-state index is 0.174. The average Bonchev–Trinajstić information content (AvgIpc) is 2.54. The highest BCUT2D eigenvalue weighted by Gasteiger charge is 2.17. The Morgan fingerprint density at radius 2 is 2.05 bits per heavy atom. The number of hydrogen-bond donors (Lipinski definition) is 2. The van der Waals surface area contributed by atoms with Gasteiger partial charge in [0.1, 0.15) is 0 Å². The minimum atomic E-state index is -0.441. The summed E-state index contributed by atoms with van der Waals surface area (Å²) in [6.07, 6.45) is 6.90. The lowest BCUT2D eigenvalue weighted by atomic mass is 9.96. The first-order valence-electron chi connectivity index (χ1n) is 7.83. The van der Waals surface area contributed by atoms with Crippen molar-refractivity contribution in [1.29, 1.82) is 0 Å². The molecule has 0 atom stereocenters. The molecule has 1 fully saturated rings. The molecule has 0 unspecified atom stereocenters. The SMILES string of the molecule is CCOCc1ccc(C(=O)NC(=O)NC2CCCCC2)cn1. The zero-order valence-corrected chi connectivity index (χ0v) is 12.9. The molecule has 22 heavy (non-hydrogen) atoms. The summed E-state index contributed by atoms with van der Waals surface area (Å²) in [7, 11) is 0. The second-order valence-corrected chi connectivity index (χ2v) is 5.44. The summed E-state index contributed by atoms with van der Waals surface area (Å²) in [5.41, 5.74) is 1.11. The highest BCUT2D eigenvalue weighted by atomic mass is 16.5. The first kappa shape index (κ1) is 16.4. The Labute approximate surface area is 130 Å². The molecule has 1 aromatic heterocycles. The van der Waals surface area contributed by atoms with Gasteiger partial charge in [-0.2, -0.15) is 0 Å². The molecule has 6 heteroatoms. The van der Waals surface area contributed by atoms with Crippen LogP contribution in [-0.2, 0) is 11.3 Å². The van der Waals surface area contributed by atoms with E-state index in [0.717, 1.165) is 31.4 Å². The van der Waals surface area contributed by atoms with Gasteiger partial charge in [0.05, 0.1) is 17.9 Å². The number of carbonyl (C=O) groups excluding carboxylic acids is 2. The smallest absolute Gasteiger partial charge is 0.321 e. The van der Waals surface area contributed by atoms with Crippen molar-refractivity contribution in [3.05, 3.63) is 29.6 Å². The van der Waals surface area contributed by atoms with Gasteiger partial charge in [-0.25, -0.2) is 4.79 Å². The van der Waals surface area contributed by atoms with Crippen LogP contribution in [-0.4, -0.2) is 29.6 Å². The summed E-state index contributed by atoms with van der Waals surface area (Å²) >= 11 is 0. The number of urea groups is 1. The molecule has 2 rings (SSSR count). The fourth-order valence-electron chi connectivity index (χ4n) is 2.49. The topological polar surface area (TPSA) is 80.3 Å². The number of hydrogen-bond acceptors (Lipinski definition) is 4. The van der Waals surface area contributed by atoms with Gasteiger partial charge < -0.3 is 10.1 Å². The van der Waals surface area contributed by atoms with Crippen molar-refractivity contribution in [2.24, 2.45) is 0 Å². The Morgan fingerprint density at radius 1 is 1.27 bits per heavy atom. The van der Waals surface area contributed by atoms with Crippen LogP contribution in [0.4, 0.5) is 4.79 Å². The summed E-state index contributed by atoms with van der Waals surface area (Å²) in [5, 5.41) is 5.19. The molecule has 3 amide bonds. The second kappa shape index (κ2) is 8.48. The second-order valence-electron chi connectivity index (χ2n) is 5.44. The Bertz CT molecular complexity index is 496. The van der Waals surface area contributed by atoms with Gasteiger partial charge in [0, 0.05) is 18.8 Å². The van der Waals surface area contributed by atoms with Gasteiger partial charge in [0.2, 0.25) is 0 Å². The molecule has 0 saturated heterocycles. The van der Waals surface area contributed by atoms with Crippen LogP contribution in [0.1, 0.15) is 55.1 Å². The van der Waals surface area contributed by atoms with Crippen LogP contribution in [0.5, 0.6) is 0 Å². The van der Waals surface area contributed by atoms with Crippen molar-refractivity contribution in [2.75, 3.05) is 6.61 Å². The van der Waals surface area contributed by atoms with Crippen LogP contribution in [0.15, 0.2) is 18.3 Å². The lowest BCUT2D eigenvalue weighted by Crippen LogP contribution is -2.45. The predicted molar refractivity (Wildman–Crippen MR) is 82.4 cm³/mol. The molecular formula is C16H23N3O3. The van der Waals surface area contributed by atoms with Gasteiger partial charge in [-0.3, -0.25) is 15.1 Å². The molecule has 0 spiro atoms. The van der Waals surface area contributed by atoms with Crippen LogP contribution in [0.2, 0.25) is 0 Å². The summed E-state index contributed by atoms with van der Waals surface area (Å²) in [6, 6.07) is 3.11. The molecule has 0 aromatic carbocycles. The fourth-order valence-corrected chi connectivity index (χ4v) is 2.49. The number of nitrogens with zero attached hydrogens (tertiary/aromatic N) is 1. The van der Waals surface area contributed by atoms with E-state index in [1.54, 1.807) is 12.1 Å². The quantitative estimate of drug-likeness (QED) is 0.875. The number of rotatable bonds is 5. The van der Waals surface area contributed by atoms with Gasteiger partial charge in [-0.05, 0) is 31.9 Å². The standard InChI is InChI=1S/C16H23N3O3/c1-2-22-11-14-9-8-12(10-17-14)15(20)19-16(21)18-13-6-4-3-5-7-13/h8-10,13H,2-7,11H2,1H3,(H2,18,19,20,21). The average molecular weight is 305 g/mol. The van der Waals surface area contributed by atoms with E-state index < -0.39 is 11.9 Å². The maximum absolute atomic E-state index is 12.0. The molecule has 120 valence electrons. The van der Waals surface area contributed by atoms with Crippen molar-refractivity contribution in [1.82, 2.24) is 15.6 Å². The number of ether oxygens (including phenoxy) is 1. The van der Waals surface area contributed by atoms with Gasteiger partial charge in [0.25, 0.3) is 5.91 Å². The van der Waals surface area contributed by atoms with Gasteiger partial charge in [-0.15, -0.1) is 0 Å². The lowest BCUT2D eigenvalue weighted by Gasteiger charge is -2.22. The van der Waals surface area contributed by atoms with Gasteiger partial charge >= 0.3 is 6.03 Å². The van der Waals surface area contributed by atoms with Crippen molar-refractivity contribution < 1.29 is 14.3 Å². The molecule has 2 N–H and O–H groups in total. The third-order valence-electron chi connectivity index (χ3n) is 3.71. The molecular weight excluding hydrogens is 282 g/mol. The molecule has 1 saturated carbocycles. The number of aromatic nitrogens is 1. The first-order valence-corrected chi connectivity index (χ1v) is 7.83. The Hall–Kier alpha value is -1.95. The van der Waals surface area contributed by atoms with Crippen LogP contribution < -0.4 is 10.6 Å². The monoisotopic (exact) mass is 305 g/mol. The Balaban J connectivity index is 1.81. The summed E-state index contributed by atoms with van der Waals surface area (Å²) in [4.78, 5) is 27.9. The molecule has 1 aliphatic rings. The van der Waals surface area contributed by atoms with E-state index in [2.05, 4.69) is 15.6 Å². The minimum Gasteiger partial charge on any atom is -0.375 e. The molecule has 1 aromatic rings. The third kappa shape index (κ3) is 5.11. The Kier molecular flexibility index (Phi) is 6.33. The molecule has 0 radical (unpaired) electrons. The highest BCUT2D eigenvalue weighted by molar-refractivity contribution is 6.04. The van der Waals surface area contributed by atoms with E-state index in [4.69, 9.17) is 4.74 Å². The zero-order valence-electron chi connectivity index (χ0n) is 12.9. The lowest BCUT2D eigenvalue weighted by molar-refractivity contribution is 0.0962. The summed E-state index contributed by atoms with van der Waals surface area (Å²) in [5.74, 6) is -0.441. The molecule has 0 bridgehead atoms. The number of carbonyl (C=O) groups is 2. The largest absolute Gasteiger partial charge is 0.375 e. The van der Waals surface area contributed by atoms with Crippen molar-refractivity contribution in [3.8, 4) is 0 Å². The van der Waals surface area contributed by atoms with Crippen LogP contribution >= 0.6 is 0 Å². The van der Waals surface area contributed by atoms with Crippen LogP contribution in [0.25, 0.3) is 0 Å². The van der Waals surface area contributed by atoms with E-state index in [0.29, 0.717) is 18.8 Å². The molecule has 1 aliphatic carbocycles. The van der Waals surface area contributed by atoms with Gasteiger partial charge in [0.15, 0.2) is 0 Å². The van der Waals surface area contributed by atoms with Crippen LogP contribution in [0.3, 0.4) is 0 Å². The summed E-state index contributed by atoms with van der Waals surface area (Å²) in [6.45, 7) is 2.94. The fraction of sp³-hybridized carbons (Fsp3) is 0.562. The van der Waals surface area contributed by atoms with E-state index in [9.17, 15) is 9.59 Å². The molecule has 6 nitrogen and oxygen atoms in total. The normalized spacial score (nSPS) is 15.3. The highest BCUT2D eigenvalue weighted by Crippen LogP contribution is 2.17. The molecule has 0 aliphatic heterocycles. The van der Waals surface area contributed by atoms with Gasteiger partial charge in [-0.1, -0.05) is 19.3 Å². The number of imide groups is 1. The third-order valence-corrected chi connectivity index (χ3v) is 3.71. The zero-order chi connectivity index (χ0) is 15.8. The number of amides is 3. The van der Waals surface area contributed by atoms with Crippen molar-refractivity contribution >= 4 is 11.9 Å². The maximum atomic E-state index is 12.0. The molecule has 1 heterocycles.